The van der Waals surface area contributed by atoms with Crippen LogP contribution in [0.25, 0.3) is 5.76 Å². The molecule has 27 heavy (non-hydrogen) atoms. The Morgan fingerprint density at radius 3 is 2.70 bits per heavy atom. The van der Waals surface area contributed by atoms with Gasteiger partial charge in [-0.05, 0) is 52.7 Å². The van der Waals surface area contributed by atoms with Crippen molar-refractivity contribution in [1.82, 2.24) is 0 Å². The quantitative estimate of drug-likeness (QED) is 0.0687. The van der Waals surface area contributed by atoms with Gasteiger partial charge in [-0.25, -0.2) is 0 Å². The van der Waals surface area contributed by atoms with Crippen molar-refractivity contribution in [1.29, 1.82) is 5.41 Å². The average molecular weight is 515 g/mol. The van der Waals surface area contributed by atoms with Crippen molar-refractivity contribution in [2.24, 2.45) is 0 Å². The Hall–Kier alpha value is -1.76. The SMILES string of the molecule is CC/C=C(/C=C(\O)c1cccc(N)c1)Nc1ccc(NPI)c(C=N)c1Cl. The van der Waals surface area contributed by atoms with Crippen LogP contribution >= 0.6 is 40.0 Å². The number of aliphatic hydroxyl groups is 1. The summed E-state index contributed by atoms with van der Waals surface area (Å²) in [6.07, 6.45) is 6.06. The third-order valence-electron chi connectivity index (χ3n) is 3.68. The number of allylic oxidation sites excluding steroid dienone is 2. The Morgan fingerprint density at radius 2 is 2.07 bits per heavy atom. The molecule has 0 bridgehead atoms. The predicted octanol–water partition coefficient (Wildman–Crippen LogP) is 6.58. The molecule has 0 aliphatic heterocycles. The van der Waals surface area contributed by atoms with Crippen molar-refractivity contribution >= 4 is 69.1 Å². The number of rotatable bonds is 8. The van der Waals surface area contributed by atoms with Gasteiger partial charge in [0, 0.05) is 46.9 Å². The third kappa shape index (κ3) is 5.86. The minimum Gasteiger partial charge on any atom is -0.507 e. The van der Waals surface area contributed by atoms with E-state index in [0.717, 1.165) is 12.1 Å². The fraction of sp³-hybridized carbons (Fsp3) is 0.105. The molecule has 0 saturated carbocycles. The second-order valence-corrected chi connectivity index (χ2v) is 8.03. The topological polar surface area (TPSA) is 94.2 Å². The molecule has 0 amide bonds. The van der Waals surface area contributed by atoms with Crippen LogP contribution in [0.2, 0.25) is 5.02 Å². The maximum Gasteiger partial charge on any atom is 0.124 e. The normalized spacial score (nSPS) is 12.4. The molecule has 2 aromatic rings. The molecular weight excluding hydrogens is 494 g/mol. The number of benzene rings is 2. The van der Waals surface area contributed by atoms with Crippen molar-refractivity contribution in [3.63, 3.8) is 0 Å². The molecular formula is C19H21ClIN4OP. The largest absolute Gasteiger partial charge is 0.507 e. The summed E-state index contributed by atoms with van der Waals surface area (Å²) in [6.45, 7) is 2.01. The van der Waals surface area contributed by atoms with Gasteiger partial charge in [-0.1, -0.05) is 36.7 Å². The van der Waals surface area contributed by atoms with Gasteiger partial charge in [0.1, 0.15) is 5.76 Å². The lowest BCUT2D eigenvalue weighted by Crippen LogP contribution is -2.02. The summed E-state index contributed by atoms with van der Waals surface area (Å²) in [6, 6.07) is 10.8. The van der Waals surface area contributed by atoms with Gasteiger partial charge < -0.3 is 26.7 Å². The molecule has 0 aromatic heterocycles. The Morgan fingerprint density at radius 1 is 1.33 bits per heavy atom. The Bertz CT molecular complexity index is 886. The first-order chi connectivity index (χ1) is 13.0. The van der Waals surface area contributed by atoms with E-state index in [0.29, 0.717) is 39.6 Å². The maximum absolute atomic E-state index is 10.4. The molecule has 142 valence electrons. The molecule has 0 aliphatic rings. The van der Waals surface area contributed by atoms with E-state index in [1.807, 2.05) is 25.1 Å². The summed E-state index contributed by atoms with van der Waals surface area (Å²) in [5.41, 5.74) is 9.79. The lowest BCUT2D eigenvalue weighted by Gasteiger charge is -2.15. The summed E-state index contributed by atoms with van der Waals surface area (Å²) in [5.74, 6) is 0.0994. The molecule has 2 rings (SSSR count). The standard InChI is InChI=1S/C19H21ClIN4OP/c1-2-4-14(10-18(26)12-5-3-6-13(23)9-12)24-17-8-7-16(25-27-21)15(11-22)19(17)20/h3-11,22,24-27H,2,23H2,1H3/b14-4-,18-10-,22-11?. The van der Waals surface area contributed by atoms with E-state index >= 15 is 0 Å². The Labute approximate surface area is 178 Å². The molecule has 8 heteroatoms. The minimum absolute atomic E-state index is 0.0994. The number of nitrogens with two attached hydrogens (primary N) is 1. The zero-order valence-electron chi connectivity index (χ0n) is 14.7. The Kier molecular flexibility index (Phi) is 8.41. The van der Waals surface area contributed by atoms with Crippen molar-refractivity contribution in [2.75, 3.05) is 16.1 Å². The maximum atomic E-state index is 10.4. The van der Waals surface area contributed by atoms with Gasteiger partial charge >= 0.3 is 0 Å². The number of halogens is 2. The van der Waals surface area contributed by atoms with Gasteiger partial charge in [0.2, 0.25) is 0 Å². The smallest absolute Gasteiger partial charge is 0.124 e. The number of hydrogen-bond acceptors (Lipinski definition) is 5. The predicted molar refractivity (Wildman–Crippen MR) is 129 cm³/mol. The van der Waals surface area contributed by atoms with Crippen LogP contribution in [0.4, 0.5) is 17.1 Å². The fourth-order valence-electron chi connectivity index (χ4n) is 2.44. The van der Waals surface area contributed by atoms with E-state index < -0.39 is 0 Å². The van der Waals surface area contributed by atoms with Crippen LogP contribution in [-0.2, 0) is 0 Å². The minimum atomic E-state index is 0.0994. The summed E-state index contributed by atoms with van der Waals surface area (Å²) >= 11 is 8.71. The highest BCUT2D eigenvalue weighted by atomic mass is 127. The van der Waals surface area contributed by atoms with Gasteiger partial charge in [0.25, 0.3) is 0 Å². The van der Waals surface area contributed by atoms with Gasteiger partial charge in [0.15, 0.2) is 0 Å². The highest BCUT2D eigenvalue weighted by Gasteiger charge is 2.11. The highest BCUT2D eigenvalue weighted by molar-refractivity contribution is 14.2. The third-order valence-corrected chi connectivity index (χ3v) is 5.26. The van der Waals surface area contributed by atoms with Crippen LogP contribution in [0.1, 0.15) is 24.5 Å². The second-order valence-electron chi connectivity index (χ2n) is 5.60. The number of aliphatic hydroxyl groups excluding tert-OH is 1. The van der Waals surface area contributed by atoms with Crippen LogP contribution in [0.3, 0.4) is 0 Å². The lowest BCUT2D eigenvalue weighted by molar-refractivity contribution is 0.511. The first kappa shape index (κ1) is 21.5. The van der Waals surface area contributed by atoms with Crippen molar-refractivity contribution in [3.05, 3.63) is 70.4 Å². The van der Waals surface area contributed by atoms with E-state index in [1.165, 1.54) is 6.21 Å². The molecule has 5 nitrogen and oxygen atoms in total. The molecule has 2 aromatic carbocycles. The number of hydrogen-bond donors (Lipinski definition) is 5. The molecule has 1 atom stereocenters. The van der Waals surface area contributed by atoms with E-state index in [4.69, 9.17) is 22.7 Å². The molecule has 6 N–H and O–H groups in total. The summed E-state index contributed by atoms with van der Waals surface area (Å²) in [4.78, 5) is 0. The van der Waals surface area contributed by atoms with Crippen LogP contribution in [0, 0.1) is 5.41 Å². The van der Waals surface area contributed by atoms with E-state index in [9.17, 15) is 5.11 Å². The van der Waals surface area contributed by atoms with Gasteiger partial charge in [0.05, 0.1) is 10.7 Å². The molecule has 0 heterocycles. The zero-order chi connectivity index (χ0) is 19.8. The number of nitrogens with one attached hydrogen (secondary N) is 3. The number of anilines is 3. The highest BCUT2D eigenvalue weighted by Crippen LogP contribution is 2.35. The summed E-state index contributed by atoms with van der Waals surface area (Å²) in [5, 5.41) is 25.0. The van der Waals surface area contributed by atoms with Gasteiger partial charge in [-0.2, -0.15) is 0 Å². The Balaban J connectivity index is 2.35. The first-order valence-electron chi connectivity index (χ1n) is 8.18. The van der Waals surface area contributed by atoms with Crippen molar-refractivity contribution in [3.8, 4) is 0 Å². The van der Waals surface area contributed by atoms with Crippen LogP contribution in [0.15, 0.2) is 54.2 Å². The van der Waals surface area contributed by atoms with E-state index in [1.54, 1.807) is 30.3 Å². The van der Waals surface area contributed by atoms with Gasteiger partial charge in [-0.3, -0.25) is 0 Å². The zero-order valence-corrected chi connectivity index (χ0v) is 18.6. The van der Waals surface area contributed by atoms with Crippen LogP contribution in [-0.4, -0.2) is 11.3 Å². The van der Waals surface area contributed by atoms with Crippen LogP contribution in [0.5, 0.6) is 0 Å². The fourth-order valence-corrected chi connectivity index (χ4v) is 3.90. The number of nitrogen functional groups attached to an aromatic ring is 1. The second kappa shape index (κ2) is 10.5. The van der Waals surface area contributed by atoms with Crippen molar-refractivity contribution in [2.45, 2.75) is 13.3 Å². The van der Waals surface area contributed by atoms with E-state index in [-0.39, 0.29) is 5.76 Å². The molecule has 0 radical (unpaired) electrons. The lowest BCUT2D eigenvalue weighted by atomic mass is 10.1. The summed E-state index contributed by atoms with van der Waals surface area (Å²) < 4.78 is 0. The molecule has 0 spiro atoms. The monoisotopic (exact) mass is 514 g/mol. The first-order valence-corrected chi connectivity index (χ1v) is 12.7. The van der Waals surface area contributed by atoms with Crippen molar-refractivity contribution < 1.29 is 5.11 Å². The molecule has 0 aliphatic carbocycles. The van der Waals surface area contributed by atoms with E-state index in [2.05, 4.69) is 32.4 Å². The molecule has 1 unspecified atom stereocenters. The van der Waals surface area contributed by atoms with Gasteiger partial charge in [-0.15, -0.1) is 0 Å². The molecule has 0 saturated heterocycles. The average Bonchev–Trinajstić information content (AvgIpc) is 2.64. The summed E-state index contributed by atoms with van der Waals surface area (Å²) in [7, 11) is 0. The molecule has 0 fully saturated rings. The van der Waals surface area contributed by atoms with Crippen LogP contribution < -0.4 is 16.1 Å².